The normalized spacial score (nSPS) is 13.8. The summed E-state index contributed by atoms with van der Waals surface area (Å²) in [5, 5.41) is 11.0. The van der Waals surface area contributed by atoms with Gasteiger partial charge in [0.25, 0.3) is 0 Å². The highest BCUT2D eigenvalue weighted by molar-refractivity contribution is 7.10. The second kappa shape index (κ2) is 4.03. The third-order valence-electron chi connectivity index (χ3n) is 2.00. The van der Waals surface area contributed by atoms with E-state index in [1.807, 2.05) is 11.4 Å². The highest BCUT2D eigenvalue weighted by Crippen LogP contribution is 2.26. The van der Waals surface area contributed by atoms with E-state index in [-0.39, 0.29) is 12.6 Å². The molecule has 0 saturated heterocycles. The van der Waals surface area contributed by atoms with Crippen molar-refractivity contribution in [1.82, 2.24) is 0 Å². The Morgan fingerprint density at radius 3 is 2.75 bits per heavy atom. The van der Waals surface area contributed by atoms with E-state index in [1.54, 1.807) is 11.3 Å². The van der Waals surface area contributed by atoms with Gasteiger partial charge in [-0.1, -0.05) is 13.8 Å². The summed E-state index contributed by atoms with van der Waals surface area (Å²) >= 11 is 1.57. The standard InChI is InChI=1S/C9H15NOS/c1-6(2)9(10)7-3-4-12-8(7)5-11/h3-4,6,9,11H,5,10H2,1-2H3. The maximum Gasteiger partial charge on any atom is 0.0777 e. The van der Waals surface area contributed by atoms with Crippen molar-refractivity contribution in [2.45, 2.75) is 26.5 Å². The zero-order valence-corrected chi connectivity index (χ0v) is 8.27. The molecule has 0 aromatic carbocycles. The molecule has 0 aliphatic carbocycles. The first-order valence-corrected chi connectivity index (χ1v) is 4.97. The molecule has 0 saturated carbocycles. The second-order valence-electron chi connectivity index (χ2n) is 3.23. The van der Waals surface area contributed by atoms with Crippen LogP contribution < -0.4 is 5.73 Å². The minimum atomic E-state index is 0.0541. The molecule has 1 aromatic rings. The first kappa shape index (κ1) is 9.71. The van der Waals surface area contributed by atoms with Gasteiger partial charge >= 0.3 is 0 Å². The Hall–Kier alpha value is -0.380. The average molecular weight is 185 g/mol. The number of hydrogen-bond acceptors (Lipinski definition) is 3. The molecule has 1 atom stereocenters. The van der Waals surface area contributed by atoms with Crippen molar-refractivity contribution < 1.29 is 5.11 Å². The summed E-state index contributed by atoms with van der Waals surface area (Å²) in [4.78, 5) is 0.996. The molecule has 0 radical (unpaired) electrons. The minimum absolute atomic E-state index is 0.0541. The van der Waals surface area contributed by atoms with E-state index in [0.29, 0.717) is 5.92 Å². The molecule has 0 amide bonds. The Kier molecular flexibility index (Phi) is 3.26. The zero-order valence-electron chi connectivity index (χ0n) is 7.45. The third kappa shape index (κ3) is 1.86. The molecule has 0 fully saturated rings. The van der Waals surface area contributed by atoms with Gasteiger partial charge in [-0.15, -0.1) is 11.3 Å². The van der Waals surface area contributed by atoms with Gasteiger partial charge < -0.3 is 10.8 Å². The summed E-state index contributed by atoms with van der Waals surface area (Å²) in [5.74, 6) is 0.421. The zero-order chi connectivity index (χ0) is 9.14. The molecule has 12 heavy (non-hydrogen) atoms. The van der Waals surface area contributed by atoms with Crippen molar-refractivity contribution in [2.75, 3.05) is 0 Å². The quantitative estimate of drug-likeness (QED) is 0.755. The van der Waals surface area contributed by atoms with Gasteiger partial charge in [0.1, 0.15) is 0 Å². The monoisotopic (exact) mass is 185 g/mol. The highest BCUT2D eigenvalue weighted by Gasteiger charge is 2.14. The van der Waals surface area contributed by atoms with Crippen molar-refractivity contribution in [3.8, 4) is 0 Å². The van der Waals surface area contributed by atoms with Crippen LogP contribution in [0.4, 0.5) is 0 Å². The van der Waals surface area contributed by atoms with Crippen molar-refractivity contribution in [1.29, 1.82) is 0 Å². The largest absolute Gasteiger partial charge is 0.391 e. The molecule has 2 nitrogen and oxygen atoms in total. The number of nitrogens with two attached hydrogens (primary N) is 1. The van der Waals surface area contributed by atoms with Gasteiger partial charge in [-0.25, -0.2) is 0 Å². The van der Waals surface area contributed by atoms with Gasteiger partial charge in [0, 0.05) is 10.9 Å². The number of aliphatic hydroxyl groups is 1. The van der Waals surface area contributed by atoms with Crippen molar-refractivity contribution >= 4 is 11.3 Å². The lowest BCUT2D eigenvalue weighted by molar-refractivity contribution is 0.283. The van der Waals surface area contributed by atoms with Gasteiger partial charge in [0.05, 0.1) is 6.61 Å². The molecule has 68 valence electrons. The van der Waals surface area contributed by atoms with Gasteiger partial charge in [0.2, 0.25) is 0 Å². The van der Waals surface area contributed by atoms with E-state index in [0.717, 1.165) is 10.4 Å². The first-order valence-electron chi connectivity index (χ1n) is 4.09. The highest BCUT2D eigenvalue weighted by atomic mass is 32.1. The third-order valence-corrected chi connectivity index (χ3v) is 2.92. The van der Waals surface area contributed by atoms with Crippen molar-refractivity contribution in [3.63, 3.8) is 0 Å². The molecular weight excluding hydrogens is 170 g/mol. The molecule has 3 N–H and O–H groups in total. The summed E-state index contributed by atoms with van der Waals surface area (Å²) in [6.45, 7) is 4.28. The van der Waals surface area contributed by atoms with E-state index < -0.39 is 0 Å². The van der Waals surface area contributed by atoms with Crippen LogP contribution >= 0.6 is 11.3 Å². The fraction of sp³-hybridized carbons (Fsp3) is 0.556. The molecule has 1 rings (SSSR count). The summed E-state index contributed by atoms with van der Waals surface area (Å²) in [5.41, 5.74) is 7.05. The fourth-order valence-corrected chi connectivity index (χ4v) is 1.93. The Balaban J connectivity index is 2.86. The number of rotatable bonds is 3. The van der Waals surface area contributed by atoms with Crippen LogP contribution in [0.1, 0.15) is 30.3 Å². The van der Waals surface area contributed by atoms with Crippen LogP contribution in [0.25, 0.3) is 0 Å². The molecule has 0 aliphatic heterocycles. The second-order valence-corrected chi connectivity index (χ2v) is 4.23. The Morgan fingerprint density at radius 1 is 1.58 bits per heavy atom. The smallest absolute Gasteiger partial charge is 0.0777 e. The molecule has 0 spiro atoms. The van der Waals surface area contributed by atoms with Crippen molar-refractivity contribution in [3.05, 3.63) is 21.9 Å². The topological polar surface area (TPSA) is 46.2 Å². The minimum Gasteiger partial charge on any atom is -0.391 e. The van der Waals surface area contributed by atoms with E-state index >= 15 is 0 Å². The van der Waals surface area contributed by atoms with Gasteiger partial charge in [-0.3, -0.25) is 0 Å². The van der Waals surface area contributed by atoms with Crippen LogP contribution in [0, 0.1) is 5.92 Å². The van der Waals surface area contributed by atoms with Gasteiger partial charge in [0.15, 0.2) is 0 Å². The van der Waals surface area contributed by atoms with Crippen LogP contribution in [0.5, 0.6) is 0 Å². The van der Waals surface area contributed by atoms with Gasteiger partial charge in [-0.2, -0.15) is 0 Å². The number of aliphatic hydroxyl groups excluding tert-OH is 1. The summed E-state index contributed by atoms with van der Waals surface area (Å²) < 4.78 is 0. The lowest BCUT2D eigenvalue weighted by Gasteiger charge is -2.15. The fourth-order valence-electron chi connectivity index (χ4n) is 1.14. The Labute approximate surface area is 77.0 Å². The predicted molar refractivity (Wildman–Crippen MR) is 52.0 cm³/mol. The van der Waals surface area contributed by atoms with Crippen LogP contribution in [-0.2, 0) is 6.61 Å². The molecule has 0 aliphatic rings. The molecule has 0 bridgehead atoms. The molecule has 1 unspecified atom stereocenters. The molecule has 1 heterocycles. The lowest BCUT2D eigenvalue weighted by Crippen LogP contribution is -2.17. The Bertz CT molecular complexity index is 244. The van der Waals surface area contributed by atoms with Crippen LogP contribution in [0.2, 0.25) is 0 Å². The van der Waals surface area contributed by atoms with Crippen molar-refractivity contribution in [2.24, 2.45) is 11.7 Å². The lowest BCUT2D eigenvalue weighted by atomic mass is 9.98. The predicted octanol–water partition coefficient (Wildman–Crippen LogP) is 1.90. The summed E-state index contributed by atoms with van der Waals surface area (Å²) in [6.07, 6.45) is 0. The first-order chi connectivity index (χ1) is 5.66. The maximum atomic E-state index is 8.99. The molecule has 1 aromatic heterocycles. The summed E-state index contributed by atoms with van der Waals surface area (Å²) in [7, 11) is 0. The van der Waals surface area contributed by atoms with Crippen LogP contribution in [0.3, 0.4) is 0 Å². The summed E-state index contributed by atoms with van der Waals surface area (Å²) in [6, 6.07) is 2.05. The average Bonchev–Trinajstić information content (AvgIpc) is 2.49. The van der Waals surface area contributed by atoms with Gasteiger partial charge in [-0.05, 0) is 22.9 Å². The molecule has 3 heteroatoms. The van der Waals surface area contributed by atoms with E-state index in [4.69, 9.17) is 10.8 Å². The Morgan fingerprint density at radius 2 is 2.25 bits per heavy atom. The maximum absolute atomic E-state index is 8.99. The van der Waals surface area contributed by atoms with E-state index in [2.05, 4.69) is 13.8 Å². The van der Waals surface area contributed by atoms with E-state index in [9.17, 15) is 0 Å². The van der Waals surface area contributed by atoms with E-state index in [1.165, 1.54) is 0 Å². The SMILES string of the molecule is CC(C)C(N)c1ccsc1CO. The molecular formula is C9H15NOS. The number of hydrogen-bond donors (Lipinski definition) is 2. The van der Waals surface area contributed by atoms with Crippen LogP contribution in [-0.4, -0.2) is 5.11 Å². The number of thiophene rings is 1. The van der Waals surface area contributed by atoms with Crippen LogP contribution in [0.15, 0.2) is 11.4 Å².